The van der Waals surface area contributed by atoms with Crippen LogP contribution in [0.15, 0.2) is 30.3 Å². The van der Waals surface area contributed by atoms with E-state index in [1.165, 1.54) is 0 Å². The minimum atomic E-state index is -0.247. The Bertz CT molecular complexity index is 724. The Morgan fingerprint density at radius 2 is 1.78 bits per heavy atom. The predicted molar refractivity (Wildman–Crippen MR) is 94.6 cm³/mol. The standard InChI is InChI=1S/C20H25NO2/c1-13-14(2)19-17(15(3)18(13)22)10-11-20(4,23-19)12-21-16-8-6-5-7-9-16/h5-9,21-22H,10-12H2,1-4H3. The zero-order valence-corrected chi connectivity index (χ0v) is 14.4. The van der Waals surface area contributed by atoms with Crippen LogP contribution in [0.5, 0.6) is 11.5 Å². The van der Waals surface area contributed by atoms with Crippen LogP contribution in [0, 0.1) is 20.8 Å². The topological polar surface area (TPSA) is 41.5 Å². The number of anilines is 1. The fourth-order valence-corrected chi connectivity index (χ4v) is 3.26. The second-order valence-corrected chi connectivity index (χ2v) is 6.80. The molecule has 2 N–H and O–H groups in total. The molecule has 0 aromatic heterocycles. The summed E-state index contributed by atoms with van der Waals surface area (Å²) in [6.45, 7) is 8.88. The first-order valence-corrected chi connectivity index (χ1v) is 8.21. The maximum absolute atomic E-state index is 10.3. The Labute approximate surface area is 138 Å². The van der Waals surface area contributed by atoms with Gasteiger partial charge < -0.3 is 15.2 Å². The summed E-state index contributed by atoms with van der Waals surface area (Å²) >= 11 is 0. The second-order valence-electron chi connectivity index (χ2n) is 6.80. The number of ether oxygens (including phenoxy) is 1. The Balaban J connectivity index is 1.84. The van der Waals surface area contributed by atoms with E-state index in [9.17, 15) is 5.11 Å². The minimum Gasteiger partial charge on any atom is -0.507 e. The molecule has 0 spiro atoms. The lowest BCUT2D eigenvalue weighted by molar-refractivity contribution is 0.0767. The van der Waals surface area contributed by atoms with Crippen molar-refractivity contribution in [1.29, 1.82) is 0 Å². The number of aromatic hydroxyl groups is 1. The SMILES string of the molecule is Cc1c(C)c2c(c(C)c1O)CCC(C)(CNc1ccccc1)O2. The molecule has 122 valence electrons. The van der Waals surface area contributed by atoms with Gasteiger partial charge in [0.05, 0.1) is 6.54 Å². The number of fused-ring (bicyclic) bond motifs is 1. The van der Waals surface area contributed by atoms with Gasteiger partial charge in [-0.05, 0) is 69.4 Å². The molecule has 2 aromatic carbocycles. The molecular formula is C20H25NO2. The molecule has 3 heteroatoms. The molecule has 1 unspecified atom stereocenters. The van der Waals surface area contributed by atoms with Crippen LogP contribution in [0.25, 0.3) is 0 Å². The molecule has 0 amide bonds. The summed E-state index contributed by atoms with van der Waals surface area (Å²) in [5, 5.41) is 13.7. The number of phenolic OH excluding ortho intramolecular Hbond substituents is 1. The zero-order valence-electron chi connectivity index (χ0n) is 14.4. The predicted octanol–water partition coefficient (Wildman–Crippen LogP) is 4.51. The average Bonchev–Trinajstić information content (AvgIpc) is 2.57. The first-order chi connectivity index (χ1) is 10.9. The van der Waals surface area contributed by atoms with Crippen molar-refractivity contribution in [2.75, 3.05) is 11.9 Å². The normalized spacial score (nSPS) is 19.8. The number of phenols is 1. The van der Waals surface area contributed by atoms with Crippen molar-refractivity contribution < 1.29 is 9.84 Å². The third-order valence-electron chi connectivity index (χ3n) is 5.03. The minimum absolute atomic E-state index is 0.247. The zero-order chi connectivity index (χ0) is 16.6. The third kappa shape index (κ3) is 2.88. The van der Waals surface area contributed by atoms with E-state index in [-0.39, 0.29) is 5.60 Å². The maximum Gasteiger partial charge on any atom is 0.127 e. The molecular weight excluding hydrogens is 286 g/mol. The highest BCUT2D eigenvalue weighted by atomic mass is 16.5. The van der Waals surface area contributed by atoms with Gasteiger partial charge in [0, 0.05) is 11.3 Å². The van der Waals surface area contributed by atoms with Crippen LogP contribution in [0.2, 0.25) is 0 Å². The number of para-hydroxylation sites is 1. The quantitative estimate of drug-likeness (QED) is 0.876. The van der Waals surface area contributed by atoms with Gasteiger partial charge in [-0.1, -0.05) is 18.2 Å². The molecule has 0 radical (unpaired) electrons. The first kappa shape index (κ1) is 15.7. The molecule has 1 atom stereocenters. The summed E-state index contributed by atoms with van der Waals surface area (Å²) < 4.78 is 6.41. The fraction of sp³-hybridized carbons (Fsp3) is 0.400. The summed E-state index contributed by atoms with van der Waals surface area (Å²) in [6.07, 6.45) is 1.87. The summed E-state index contributed by atoms with van der Waals surface area (Å²) in [5.74, 6) is 1.37. The second kappa shape index (κ2) is 5.80. The monoisotopic (exact) mass is 311 g/mol. The van der Waals surface area contributed by atoms with Crippen molar-refractivity contribution in [1.82, 2.24) is 0 Å². The number of nitrogens with one attached hydrogen (secondary N) is 1. The maximum atomic E-state index is 10.3. The van der Waals surface area contributed by atoms with Crippen LogP contribution >= 0.6 is 0 Å². The van der Waals surface area contributed by atoms with Gasteiger partial charge in [0.25, 0.3) is 0 Å². The summed E-state index contributed by atoms with van der Waals surface area (Å²) in [7, 11) is 0. The Hall–Kier alpha value is -2.16. The van der Waals surface area contributed by atoms with Crippen LogP contribution in [-0.2, 0) is 6.42 Å². The molecule has 0 bridgehead atoms. The van der Waals surface area contributed by atoms with Crippen LogP contribution in [0.1, 0.15) is 35.6 Å². The van der Waals surface area contributed by atoms with Gasteiger partial charge in [-0.25, -0.2) is 0 Å². The Morgan fingerprint density at radius 3 is 2.48 bits per heavy atom. The largest absolute Gasteiger partial charge is 0.507 e. The lowest BCUT2D eigenvalue weighted by Gasteiger charge is -2.38. The smallest absolute Gasteiger partial charge is 0.127 e. The number of hydrogen-bond donors (Lipinski definition) is 2. The van der Waals surface area contributed by atoms with E-state index < -0.39 is 0 Å². The Kier molecular flexibility index (Phi) is 3.97. The summed E-state index contributed by atoms with van der Waals surface area (Å²) in [6, 6.07) is 10.2. The van der Waals surface area contributed by atoms with Gasteiger partial charge in [0.2, 0.25) is 0 Å². The molecule has 2 aromatic rings. The molecule has 0 fully saturated rings. The van der Waals surface area contributed by atoms with Crippen molar-refractivity contribution >= 4 is 5.69 Å². The molecule has 3 rings (SSSR count). The number of hydrogen-bond acceptors (Lipinski definition) is 3. The first-order valence-electron chi connectivity index (χ1n) is 8.21. The molecule has 1 aliphatic rings. The van der Waals surface area contributed by atoms with Crippen molar-refractivity contribution in [3.05, 3.63) is 52.6 Å². The van der Waals surface area contributed by atoms with E-state index in [4.69, 9.17) is 4.74 Å². The fourth-order valence-electron chi connectivity index (χ4n) is 3.26. The van der Waals surface area contributed by atoms with Gasteiger partial charge in [0.1, 0.15) is 17.1 Å². The number of rotatable bonds is 3. The lowest BCUT2D eigenvalue weighted by atomic mass is 9.87. The van der Waals surface area contributed by atoms with E-state index in [1.54, 1.807) is 0 Å². The number of benzene rings is 2. The van der Waals surface area contributed by atoms with Gasteiger partial charge in [-0.15, -0.1) is 0 Å². The van der Waals surface area contributed by atoms with Crippen LogP contribution in [-0.4, -0.2) is 17.3 Å². The van der Waals surface area contributed by atoms with Crippen molar-refractivity contribution in [3.63, 3.8) is 0 Å². The highest BCUT2D eigenvalue weighted by molar-refractivity contribution is 5.58. The molecule has 0 saturated carbocycles. The van der Waals surface area contributed by atoms with Crippen LogP contribution in [0.4, 0.5) is 5.69 Å². The van der Waals surface area contributed by atoms with Gasteiger partial charge in [0.15, 0.2) is 0 Å². The van der Waals surface area contributed by atoms with Crippen LogP contribution in [0.3, 0.4) is 0 Å². The molecule has 3 nitrogen and oxygen atoms in total. The molecule has 1 aliphatic heterocycles. The highest BCUT2D eigenvalue weighted by Gasteiger charge is 2.34. The van der Waals surface area contributed by atoms with E-state index >= 15 is 0 Å². The van der Waals surface area contributed by atoms with E-state index in [1.807, 2.05) is 39.0 Å². The van der Waals surface area contributed by atoms with Crippen molar-refractivity contribution in [3.8, 4) is 11.5 Å². The van der Waals surface area contributed by atoms with Crippen molar-refractivity contribution in [2.45, 2.75) is 46.1 Å². The Morgan fingerprint density at radius 1 is 1.09 bits per heavy atom. The van der Waals surface area contributed by atoms with E-state index in [0.29, 0.717) is 5.75 Å². The lowest BCUT2D eigenvalue weighted by Crippen LogP contribution is -2.43. The highest BCUT2D eigenvalue weighted by Crippen LogP contribution is 2.43. The molecule has 1 heterocycles. The van der Waals surface area contributed by atoms with Crippen LogP contribution < -0.4 is 10.1 Å². The van der Waals surface area contributed by atoms with E-state index in [2.05, 4.69) is 24.4 Å². The average molecular weight is 311 g/mol. The summed E-state index contributed by atoms with van der Waals surface area (Å²) in [4.78, 5) is 0. The molecule has 23 heavy (non-hydrogen) atoms. The van der Waals surface area contributed by atoms with Gasteiger partial charge >= 0.3 is 0 Å². The molecule has 0 saturated heterocycles. The third-order valence-corrected chi connectivity index (χ3v) is 5.03. The van der Waals surface area contributed by atoms with Gasteiger partial charge in [-0.2, -0.15) is 0 Å². The molecule has 0 aliphatic carbocycles. The van der Waals surface area contributed by atoms with Crippen molar-refractivity contribution in [2.24, 2.45) is 0 Å². The van der Waals surface area contributed by atoms with E-state index in [0.717, 1.165) is 53.1 Å². The summed E-state index contributed by atoms with van der Waals surface area (Å²) in [5.41, 5.74) is 4.95. The van der Waals surface area contributed by atoms with Gasteiger partial charge in [-0.3, -0.25) is 0 Å².